The summed E-state index contributed by atoms with van der Waals surface area (Å²) in [6, 6.07) is 3.21. The van der Waals surface area contributed by atoms with Gasteiger partial charge in [0, 0.05) is 24.1 Å². The summed E-state index contributed by atoms with van der Waals surface area (Å²) in [6.07, 6.45) is 0.00640. The van der Waals surface area contributed by atoms with Crippen LogP contribution in [0.5, 0.6) is 0 Å². The monoisotopic (exact) mass is 285 g/mol. The first kappa shape index (κ1) is 14.9. The molecule has 1 aromatic rings. The lowest BCUT2D eigenvalue weighted by atomic mass is 10.1. The second-order valence-electron chi connectivity index (χ2n) is 3.97. The van der Waals surface area contributed by atoms with Gasteiger partial charge in [-0.2, -0.15) is 0 Å². The lowest BCUT2D eigenvalue weighted by molar-refractivity contribution is -0.384. The molecule has 0 aliphatic heterocycles. The molecule has 1 atom stereocenters. The zero-order valence-corrected chi connectivity index (χ0v) is 10.8. The maximum Gasteiger partial charge on any atom is 0.287 e. The van der Waals surface area contributed by atoms with Crippen LogP contribution in [0.15, 0.2) is 18.2 Å². The van der Waals surface area contributed by atoms with Gasteiger partial charge in [0.05, 0.1) is 4.92 Å². The molecule has 3 N–H and O–H groups in total. The molecule has 0 aromatic heterocycles. The highest BCUT2D eigenvalue weighted by Crippen LogP contribution is 2.24. The van der Waals surface area contributed by atoms with Crippen LogP contribution in [0, 0.1) is 10.1 Å². The summed E-state index contributed by atoms with van der Waals surface area (Å²) in [5, 5.41) is 13.0. The number of carbonyl (C=O) groups is 2. The summed E-state index contributed by atoms with van der Waals surface area (Å²) in [5.41, 5.74) is 4.90. The predicted molar refractivity (Wildman–Crippen MR) is 68.8 cm³/mol. The Hall–Kier alpha value is -2.15. The van der Waals surface area contributed by atoms with Crippen molar-refractivity contribution in [3.05, 3.63) is 38.9 Å². The fourth-order valence-electron chi connectivity index (χ4n) is 1.46. The summed E-state index contributed by atoms with van der Waals surface area (Å²) < 4.78 is 0. The van der Waals surface area contributed by atoms with Crippen molar-refractivity contribution in [3.63, 3.8) is 0 Å². The number of halogens is 1. The van der Waals surface area contributed by atoms with E-state index in [4.69, 9.17) is 17.3 Å². The third kappa shape index (κ3) is 4.22. The van der Waals surface area contributed by atoms with E-state index >= 15 is 0 Å². The maximum atomic E-state index is 11.8. The topological polar surface area (TPSA) is 115 Å². The number of nitrogens with zero attached hydrogens (tertiary/aromatic N) is 1. The molecule has 7 nitrogen and oxygen atoms in total. The van der Waals surface area contributed by atoms with Crippen molar-refractivity contribution < 1.29 is 14.5 Å². The molecule has 1 rings (SSSR count). The molecule has 102 valence electrons. The minimum absolute atomic E-state index is 0.00640. The molecule has 2 amide bonds. The first-order valence-corrected chi connectivity index (χ1v) is 5.72. The molecule has 0 saturated carbocycles. The Morgan fingerprint density at radius 1 is 1.53 bits per heavy atom. The van der Waals surface area contributed by atoms with Gasteiger partial charge in [-0.05, 0) is 19.1 Å². The van der Waals surface area contributed by atoms with E-state index in [1.165, 1.54) is 12.1 Å². The van der Waals surface area contributed by atoms with Gasteiger partial charge in [-0.25, -0.2) is 0 Å². The van der Waals surface area contributed by atoms with Gasteiger partial charge in [-0.15, -0.1) is 0 Å². The van der Waals surface area contributed by atoms with Crippen LogP contribution in [0.3, 0.4) is 0 Å². The number of nitro groups is 1. The van der Waals surface area contributed by atoms with E-state index in [0.717, 1.165) is 6.07 Å². The van der Waals surface area contributed by atoms with Gasteiger partial charge in [0.1, 0.15) is 5.02 Å². The SMILES string of the molecule is CC(CC(N)=O)NC(=O)c1ccc([N+](=O)[O-])c(Cl)c1. The Morgan fingerprint density at radius 2 is 2.16 bits per heavy atom. The van der Waals surface area contributed by atoms with E-state index in [2.05, 4.69) is 5.32 Å². The Kier molecular flexibility index (Phi) is 4.82. The highest BCUT2D eigenvalue weighted by molar-refractivity contribution is 6.33. The lowest BCUT2D eigenvalue weighted by Gasteiger charge is -2.12. The van der Waals surface area contributed by atoms with Gasteiger partial charge in [0.25, 0.3) is 11.6 Å². The van der Waals surface area contributed by atoms with Crippen molar-refractivity contribution in [1.82, 2.24) is 5.32 Å². The van der Waals surface area contributed by atoms with Crippen LogP contribution >= 0.6 is 11.6 Å². The van der Waals surface area contributed by atoms with E-state index in [-0.39, 0.29) is 22.7 Å². The fourth-order valence-corrected chi connectivity index (χ4v) is 1.71. The standard InChI is InChI=1S/C11H12ClN3O4/c1-6(4-10(13)16)14-11(17)7-2-3-9(15(18)19)8(12)5-7/h2-3,5-6H,4H2,1H3,(H2,13,16)(H,14,17). The minimum atomic E-state index is -0.639. The van der Waals surface area contributed by atoms with Gasteiger partial charge < -0.3 is 11.1 Å². The number of hydrogen-bond donors (Lipinski definition) is 2. The number of benzene rings is 1. The summed E-state index contributed by atoms with van der Waals surface area (Å²) in [6.45, 7) is 1.62. The third-order valence-electron chi connectivity index (χ3n) is 2.29. The number of amides is 2. The number of carbonyl (C=O) groups excluding carboxylic acids is 2. The van der Waals surface area contributed by atoms with E-state index < -0.39 is 22.8 Å². The molecule has 0 saturated heterocycles. The van der Waals surface area contributed by atoms with Crippen molar-refractivity contribution in [2.45, 2.75) is 19.4 Å². The average Bonchev–Trinajstić information content (AvgIpc) is 2.26. The van der Waals surface area contributed by atoms with Crippen LogP contribution < -0.4 is 11.1 Å². The number of nitro benzene ring substituents is 1. The quantitative estimate of drug-likeness (QED) is 0.625. The largest absolute Gasteiger partial charge is 0.370 e. The number of nitrogens with one attached hydrogen (secondary N) is 1. The van der Waals surface area contributed by atoms with Crippen LogP contribution in [-0.4, -0.2) is 22.8 Å². The minimum Gasteiger partial charge on any atom is -0.370 e. The van der Waals surface area contributed by atoms with Crippen LogP contribution in [0.25, 0.3) is 0 Å². The zero-order valence-electron chi connectivity index (χ0n) is 10.1. The van der Waals surface area contributed by atoms with Crippen molar-refractivity contribution in [1.29, 1.82) is 0 Å². The molecule has 0 radical (unpaired) electrons. The van der Waals surface area contributed by atoms with Crippen LogP contribution in [0.4, 0.5) is 5.69 Å². The van der Waals surface area contributed by atoms with Gasteiger partial charge in [-0.3, -0.25) is 19.7 Å². The van der Waals surface area contributed by atoms with Gasteiger partial charge in [0.15, 0.2) is 0 Å². The molecule has 8 heteroatoms. The molecule has 0 heterocycles. The lowest BCUT2D eigenvalue weighted by Crippen LogP contribution is -2.35. The van der Waals surface area contributed by atoms with Crippen LogP contribution in [0.2, 0.25) is 5.02 Å². The molecule has 1 aromatic carbocycles. The summed E-state index contributed by atoms with van der Waals surface area (Å²) >= 11 is 5.69. The molecule has 0 bridgehead atoms. The Morgan fingerprint density at radius 3 is 2.63 bits per heavy atom. The smallest absolute Gasteiger partial charge is 0.287 e. The normalized spacial score (nSPS) is 11.7. The average molecular weight is 286 g/mol. The molecule has 0 aliphatic rings. The number of nitrogens with two attached hydrogens (primary N) is 1. The molecular formula is C11H12ClN3O4. The highest BCUT2D eigenvalue weighted by atomic mass is 35.5. The first-order chi connectivity index (χ1) is 8.81. The molecule has 19 heavy (non-hydrogen) atoms. The van der Waals surface area contributed by atoms with Gasteiger partial charge >= 0.3 is 0 Å². The molecule has 1 unspecified atom stereocenters. The summed E-state index contributed by atoms with van der Waals surface area (Å²) in [4.78, 5) is 32.4. The second-order valence-corrected chi connectivity index (χ2v) is 4.38. The maximum absolute atomic E-state index is 11.8. The molecule has 0 spiro atoms. The van der Waals surface area contributed by atoms with E-state index in [0.29, 0.717) is 0 Å². The Labute approximate surface area is 113 Å². The van der Waals surface area contributed by atoms with Crippen molar-refractivity contribution >= 4 is 29.1 Å². The number of primary amides is 1. The molecule has 0 aliphatic carbocycles. The second kappa shape index (κ2) is 6.14. The molecular weight excluding hydrogens is 274 g/mol. The van der Waals surface area contributed by atoms with Gasteiger partial charge in [-0.1, -0.05) is 11.6 Å². The predicted octanol–water partition coefficient (Wildman–Crippen LogP) is 1.24. The fraction of sp³-hybridized carbons (Fsp3) is 0.273. The summed E-state index contributed by atoms with van der Waals surface area (Å²) in [5.74, 6) is -1.01. The van der Waals surface area contributed by atoms with Gasteiger partial charge in [0.2, 0.25) is 5.91 Å². The Balaban J connectivity index is 2.81. The number of hydrogen-bond acceptors (Lipinski definition) is 4. The number of rotatable bonds is 5. The summed E-state index contributed by atoms with van der Waals surface area (Å²) in [7, 11) is 0. The Bertz CT molecular complexity index is 533. The highest BCUT2D eigenvalue weighted by Gasteiger charge is 2.16. The van der Waals surface area contributed by atoms with Crippen LogP contribution in [0.1, 0.15) is 23.7 Å². The van der Waals surface area contributed by atoms with Crippen molar-refractivity contribution in [3.8, 4) is 0 Å². The van der Waals surface area contributed by atoms with E-state index in [1.54, 1.807) is 6.92 Å². The molecule has 0 fully saturated rings. The third-order valence-corrected chi connectivity index (χ3v) is 2.59. The van der Waals surface area contributed by atoms with Crippen molar-refractivity contribution in [2.75, 3.05) is 0 Å². The van der Waals surface area contributed by atoms with E-state index in [9.17, 15) is 19.7 Å². The van der Waals surface area contributed by atoms with Crippen LogP contribution in [-0.2, 0) is 4.79 Å². The van der Waals surface area contributed by atoms with E-state index in [1.807, 2.05) is 0 Å². The zero-order chi connectivity index (χ0) is 14.6. The van der Waals surface area contributed by atoms with Crippen molar-refractivity contribution in [2.24, 2.45) is 5.73 Å². The first-order valence-electron chi connectivity index (χ1n) is 5.34.